The van der Waals surface area contributed by atoms with E-state index in [2.05, 4.69) is 0 Å². The van der Waals surface area contributed by atoms with E-state index in [1.165, 1.54) is 23.1 Å². The molecule has 1 aromatic carbocycles. The van der Waals surface area contributed by atoms with E-state index < -0.39 is 17.6 Å². The summed E-state index contributed by atoms with van der Waals surface area (Å²) in [6, 6.07) is 4.93. The highest BCUT2D eigenvalue weighted by molar-refractivity contribution is 5.96. The molecule has 1 unspecified atom stereocenters. The van der Waals surface area contributed by atoms with Crippen molar-refractivity contribution in [1.29, 1.82) is 0 Å². The van der Waals surface area contributed by atoms with Gasteiger partial charge in [-0.05, 0) is 37.4 Å². The lowest BCUT2D eigenvalue weighted by atomic mass is 10.0. The monoisotopic (exact) mass is 286 g/mol. The maximum Gasteiger partial charge on any atom is 0.417 e. The third kappa shape index (κ3) is 3.12. The van der Waals surface area contributed by atoms with Crippen LogP contribution in [0.3, 0.4) is 0 Å². The van der Waals surface area contributed by atoms with Crippen LogP contribution in [0.4, 0.5) is 13.2 Å². The van der Waals surface area contributed by atoms with Gasteiger partial charge in [-0.3, -0.25) is 4.79 Å². The number of benzene rings is 1. The Morgan fingerprint density at radius 3 is 2.70 bits per heavy atom. The molecule has 0 aliphatic carbocycles. The third-order valence-electron chi connectivity index (χ3n) is 3.61. The van der Waals surface area contributed by atoms with E-state index in [1.807, 2.05) is 0 Å². The summed E-state index contributed by atoms with van der Waals surface area (Å²) in [5, 5.41) is 0. The largest absolute Gasteiger partial charge is 0.417 e. The lowest BCUT2D eigenvalue weighted by Crippen LogP contribution is -2.30. The number of likely N-dealkylation sites (tertiary alicyclic amines) is 1. The molecule has 1 aromatic rings. The zero-order valence-electron chi connectivity index (χ0n) is 11.0. The fourth-order valence-electron chi connectivity index (χ4n) is 2.58. The van der Waals surface area contributed by atoms with Crippen LogP contribution < -0.4 is 5.73 Å². The lowest BCUT2D eigenvalue weighted by Gasteiger charge is -2.19. The van der Waals surface area contributed by atoms with Crippen LogP contribution in [0.5, 0.6) is 0 Å². The lowest BCUT2D eigenvalue weighted by molar-refractivity contribution is -0.138. The van der Waals surface area contributed by atoms with E-state index in [9.17, 15) is 18.0 Å². The second-order valence-corrected chi connectivity index (χ2v) is 5.03. The zero-order valence-corrected chi connectivity index (χ0v) is 11.0. The van der Waals surface area contributed by atoms with Gasteiger partial charge in [-0.25, -0.2) is 0 Å². The van der Waals surface area contributed by atoms with E-state index in [4.69, 9.17) is 5.73 Å². The highest BCUT2D eigenvalue weighted by Gasteiger charge is 2.37. The van der Waals surface area contributed by atoms with Crippen LogP contribution in [0.25, 0.3) is 0 Å². The molecular weight excluding hydrogens is 269 g/mol. The summed E-state index contributed by atoms with van der Waals surface area (Å²) in [6.45, 7) is 1.52. The van der Waals surface area contributed by atoms with Gasteiger partial charge in [-0.1, -0.05) is 12.1 Å². The normalized spacial score (nSPS) is 19.4. The molecule has 0 radical (unpaired) electrons. The van der Waals surface area contributed by atoms with Crippen LogP contribution in [0.2, 0.25) is 0 Å². The van der Waals surface area contributed by atoms with Gasteiger partial charge in [0.05, 0.1) is 11.1 Å². The first kappa shape index (κ1) is 14.8. The number of hydrogen-bond acceptors (Lipinski definition) is 2. The number of hydrogen-bond donors (Lipinski definition) is 1. The predicted molar refractivity (Wildman–Crippen MR) is 69.1 cm³/mol. The van der Waals surface area contributed by atoms with Gasteiger partial charge in [0.2, 0.25) is 0 Å². The highest BCUT2D eigenvalue weighted by atomic mass is 19.4. The standard InChI is InChI=1S/C14H17F3N2O/c15-14(16,17)12-4-2-1-3-11(12)13(20)19-8-6-10(9-19)5-7-18/h1-4,10H,5-9,18H2. The van der Waals surface area contributed by atoms with Crippen molar-refractivity contribution in [2.45, 2.75) is 19.0 Å². The van der Waals surface area contributed by atoms with Gasteiger partial charge in [0.15, 0.2) is 0 Å². The van der Waals surface area contributed by atoms with Crippen molar-refractivity contribution < 1.29 is 18.0 Å². The van der Waals surface area contributed by atoms with Gasteiger partial charge in [0.25, 0.3) is 5.91 Å². The van der Waals surface area contributed by atoms with Crippen LogP contribution >= 0.6 is 0 Å². The van der Waals surface area contributed by atoms with Crippen molar-refractivity contribution >= 4 is 5.91 Å². The van der Waals surface area contributed by atoms with Crippen LogP contribution in [0.1, 0.15) is 28.8 Å². The van der Waals surface area contributed by atoms with Crippen molar-refractivity contribution in [3.05, 3.63) is 35.4 Å². The van der Waals surface area contributed by atoms with Gasteiger partial charge in [-0.2, -0.15) is 13.2 Å². The molecule has 1 fully saturated rings. The van der Waals surface area contributed by atoms with Gasteiger partial charge >= 0.3 is 6.18 Å². The minimum Gasteiger partial charge on any atom is -0.338 e. The molecule has 3 nitrogen and oxygen atoms in total. The number of nitrogens with two attached hydrogens (primary N) is 1. The van der Waals surface area contributed by atoms with E-state index in [0.29, 0.717) is 25.6 Å². The quantitative estimate of drug-likeness (QED) is 0.928. The van der Waals surface area contributed by atoms with Crippen molar-refractivity contribution in [2.75, 3.05) is 19.6 Å². The van der Waals surface area contributed by atoms with E-state index >= 15 is 0 Å². The number of carbonyl (C=O) groups is 1. The van der Waals surface area contributed by atoms with Crippen molar-refractivity contribution in [3.63, 3.8) is 0 Å². The Bertz CT molecular complexity index is 488. The first-order chi connectivity index (χ1) is 9.43. The first-order valence-electron chi connectivity index (χ1n) is 6.59. The molecule has 20 heavy (non-hydrogen) atoms. The number of alkyl halides is 3. The molecule has 6 heteroatoms. The molecule has 0 spiro atoms. The first-order valence-corrected chi connectivity index (χ1v) is 6.59. The fourth-order valence-corrected chi connectivity index (χ4v) is 2.58. The Hall–Kier alpha value is -1.56. The molecule has 110 valence electrons. The molecule has 0 bridgehead atoms. The number of amides is 1. The second-order valence-electron chi connectivity index (χ2n) is 5.03. The van der Waals surface area contributed by atoms with Crippen LogP contribution in [0, 0.1) is 5.92 Å². The molecule has 2 N–H and O–H groups in total. The van der Waals surface area contributed by atoms with Crippen LogP contribution in [-0.2, 0) is 6.18 Å². The third-order valence-corrected chi connectivity index (χ3v) is 3.61. The molecule has 1 atom stereocenters. The van der Waals surface area contributed by atoms with Gasteiger partial charge < -0.3 is 10.6 Å². The molecule has 1 aliphatic heterocycles. The van der Waals surface area contributed by atoms with E-state index in [0.717, 1.165) is 18.9 Å². The average Bonchev–Trinajstić information content (AvgIpc) is 2.86. The Labute approximate surface area is 115 Å². The Morgan fingerprint density at radius 2 is 2.05 bits per heavy atom. The average molecular weight is 286 g/mol. The topological polar surface area (TPSA) is 46.3 Å². The predicted octanol–water partition coefficient (Wildman–Crippen LogP) is 2.52. The van der Waals surface area contributed by atoms with Gasteiger partial charge in [0.1, 0.15) is 0 Å². The number of carbonyl (C=O) groups excluding carboxylic acids is 1. The summed E-state index contributed by atoms with van der Waals surface area (Å²) in [7, 11) is 0. The number of nitrogens with zero attached hydrogens (tertiary/aromatic N) is 1. The van der Waals surface area contributed by atoms with Crippen molar-refractivity contribution in [2.24, 2.45) is 11.7 Å². The molecule has 1 aliphatic rings. The molecule has 2 rings (SSSR count). The maximum atomic E-state index is 12.9. The summed E-state index contributed by atoms with van der Waals surface area (Å²) < 4.78 is 38.7. The van der Waals surface area contributed by atoms with Crippen molar-refractivity contribution in [3.8, 4) is 0 Å². The van der Waals surface area contributed by atoms with E-state index in [1.54, 1.807) is 0 Å². The molecule has 1 amide bonds. The molecule has 0 aromatic heterocycles. The Kier molecular flexibility index (Phi) is 4.32. The summed E-state index contributed by atoms with van der Waals surface area (Å²) in [5.41, 5.74) is 4.33. The molecule has 1 heterocycles. The SMILES string of the molecule is NCCC1CCN(C(=O)c2ccccc2C(F)(F)F)C1. The highest BCUT2D eigenvalue weighted by Crippen LogP contribution is 2.33. The zero-order chi connectivity index (χ0) is 14.8. The summed E-state index contributed by atoms with van der Waals surface area (Å²) >= 11 is 0. The Balaban J connectivity index is 2.19. The molecule has 0 saturated carbocycles. The van der Waals surface area contributed by atoms with E-state index in [-0.39, 0.29) is 5.56 Å². The smallest absolute Gasteiger partial charge is 0.338 e. The fraction of sp³-hybridized carbons (Fsp3) is 0.500. The van der Waals surface area contributed by atoms with Crippen molar-refractivity contribution in [1.82, 2.24) is 4.90 Å². The second kappa shape index (κ2) is 5.83. The van der Waals surface area contributed by atoms with Gasteiger partial charge in [-0.15, -0.1) is 0 Å². The number of rotatable bonds is 3. The van der Waals surface area contributed by atoms with Crippen LogP contribution in [-0.4, -0.2) is 30.4 Å². The summed E-state index contributed by atoms with van der Waals surface area (Å²) in [6.07, 6.45) is -2.91. The minimum atomic E-state index is -4.51. The molecular formula is C14H17F3N2O. The Morgan fingerprint density at radius 1 is 1.35 bits per heavy atom. The van der Waals surface area contributed by atoms with Gasteiger partial charge in [0, 0.05) is 13.1 Å². The molecule has 1 saturated heterocycles. The number of halogens is 3. The summed E-state index contributed by atoms with van der Waals surface area (Å²) in [4.78, 5) is 13.7. The summed E-state index contributed by atoms with van der Waals surface area (Å²) in [5.74, 6) is -0.251. The van der Waals surface area contributed by atoms with Crippen LogP contribution in [0.15, 0.2) is 24.3 Å². The minimum absolute atomic E-state index is 0.270. The maximum absolute atomic E-state index is 12.9.